The normalized spacial score (nSPS) is 13.9. The maximum atomic E-state index is 11.9. The lowest BCUT2D eigenvalue weighted by Gasteiger charge is -2.20. The number of nitriles is 1. The van der Waals surface area contributed by atoms with Crippen LogP contribution < -0.4 is 5.32 Å². The molecule has 1 amide bonds. The van der Waals surface area contributed by atoms with E-state index in [4.69, 9.17) is 5.26 Å². The summed E-state index contributed by atoms with van der Waals surface area (Å²) in [6.07, 6.45) is 0.596. The first kappa shape index (κ1) is 12.7. The number of amides is 1. The van der Waals surface area contributed by atoms with Crippen molar-refractivity contribution in [1.29, 1.82) is 5.26 Å². The van der Waals surface area contributed by atoms with E-state index in [-0.39, 0.29) is 5.91 Å². The van der Waals surface area contributed by atoms with Crippen LogP contribution >= 0.6 is 11.3 Å². The fourth-order valence-electron chi connectivity index (χ4n) is 1.19. The Labute approximate surface area is 100 Å². The molecule has 0 saturated carbocycles. The van der Waals surface area contributed by atoms with Crippen LogP contribution in [-0.2, 0) is 0 Å². The zero-order valence-electron chi connectivity index (χ0n) is 10.0. The standard InChI is InChI=1S/C12H16N2OS/c1-5-12(4,7-13)14-11(15)10-6-8(2)9(3)16-10/h6H,5H2,1-4H3,(H,14,15). The third-order valence-electron chi connectivity index (χ3n) is 2.73. The molecule has 0 saturated heterocycles. The number of nitrogens with zero attached hydrogens (tertiary/aromatic N) is 1. The molecule has 0 aliphatic carbocycles. The third-order valence-corrected chi connectivity index (χ3v) is 3.88. The highest BCUT2D eigenvalue weighted by atomic mass is 32.1. The first-order valence-electron chi connectivity index (χ1n) is 5.22. The van der Waals surface area contributed by atoms with Crippen molar-refractivity contribution >= 4 is 17.2 Å². The van der Waals surface area contributed by atoms with Crippen molar-refractivity contribution in [3.63, 3.8) is 0 Å². The van der Waals surface area contributed by atoms with Crippen LogP contribution in [0.3, 0.4) is 0 Å². The van der Waals surface area contributed by atoms with Gasteiger partial charge in [-0.25, -0.2) is 0 Å². The molecule has 1 N–H and O–H groups in total. The van der Waals surface area contributed by atoms with E-state index in [2.05, 4.69) is 11.4 Å². The van der Waals surface area contributed by atoms with Crippen molar-refractivity contribution in [3.05, 3.63) is 21.4 Å². The summed E-state index contributed by atoms with van der Waals surface area (Å²) in [5.41, 5.74) is 0.341. The molecular weight excluding hydrogens is 220 g/mol. The van der Waals surface area contributed by atoms with Gasteiger partial charge in [0.05, 0.1) is 10.9 Å². The van der Waals surface area contributed by atoms with E-state index in [9.17, 15) is 4.79 Å². The topological polar surface area (TPSA) is 52.9 Å². The van der Waals surface area contributed by atoms with Crippen LogP contribution in [0.1, 0.15) is 40.4 Å². The molecule has 86 valence electrons. The van der Waals surface area contributed by atoms with Crippen LogP contribution in [0, 0.1) is 25.2 Å². The SMILES string of the molecule is CCC(C)(C#N)NC(=O)c1cc(C)c(C)s1. The molecule has 0 radical (unpaired) electrons. The Kier molecular flexibility index (Phi) is 3.71. The van der Waals surface area contributed by atoms with E-state index in [1.54, 1.807) is 6.92 Å². The molecule has 0 bridgehead atoms. The van der Waals surface area contributed by atoms with Crippen molar-refractivity contribution in [2.24, 2.45) is 0 Å². The van der Waals surface area contributed by atoms with Crippen LogP contribution in [0.5, 0.6) is 0 Å². The minimum Gasteiger partial charge on any atom is -0.333 e. The average molecular weight is 236 g/mol. The zero-order chi connectivity index (χ0) is 12.3. The Morgan fingerprint density at radius 2 is 2.25 bits per heavy atom. The molecule has 1 aromatic rings. The quantitative estimate of drug-likeness (QED) is 0.877. The van der Waals surface area contributed by atoms with Gasteiger partial charge in [0.15, 0.2) is 0 Å². The molecule has 0 spiro atoms. The minimum absolute atomic E-state index is 0.160. The molecule has 0 aliphatic rings. The number of carbonyl (C=O) groups is 1. The van der Waals surface area contributed by atoms with Gasteiger partial charge in [0.25, 0.3) is 5.91 Å². The van der Waals surface area contributed by atoms with Gasteiger partial charge in [-0.2, -0.15) is 5.26 Å². The summed E-state index contributed by atoms with van der Waals surface area (Å²) in [6.45, 7) is 7.58. The Morgan fingerprint density at radius 1 is 1.62 bits per heavy atom. The van der Waals surface area contributed by atoms with E-state index in [0.29, 0.717) is 11.3 Å². The maximum Gasteiger partial charge on any atom is 0.262 e. The number of hydrogen-bond donors (Lipinski definition) is 1. The number of rotatable bonds is 3. The molecule has 0 aliphatic heterocycles. The Balaban J connectivity index is 2.85. The summed E-state index contributed by atoms with van der Waals surface area (Å²) in [7, 11) is 0. The molecule has 1 unspecified atom stereocenters. The number of carbonyl (C=O) groups excluding carboxylic acids is 1. The van der Waals surface area contributed by atoms with Gasteiger partial charge in [0.2, 0.25) is 0 Å². The molecule has 0 aromatic carbocycles. The second-order valence-corrected chi connectivity index (χ2v) is 5.36. The van der Waals surface area contributed by atoms with Crippen molar-refractivity contribution in [3.8, 4) is 6.07 Å². The molecule has 1 rings (SSSR count). The highest BCUT2D eigenvalue weighted by Gasteiger charge is 2.25. The lowest BCUT2D eigenvalue weighted by atomic mass is 10.0. The first-order chi connectivity index (χ1) is 7.41. The van der Waals surface area contributed by atoms with Crippen LogP contribution in [0.15, 0.2) is 6.07 Å². The predicted octanol–water partition coefficient (Wildman–Crippen LogP) is 2.79. The summed E-state index contributed by atoms with van der Waals surface area (Å²) in [4.78, 5) is 13.7. The van der Waals surface area contributed by atoms with Gasteiger partial charge in [-0.15, -0.1) is 11.3 Å². The molecular formula is C12H16N2OS. The predicted molar refractivity (Wildman–Crippen MR) is 65.6 cm³/mol. The Morgan fingerprint density at radius 3 is 2.62 bits per heavy atom. The zero-order valence-corrected chi connectivity index (χ0v) is 10.9. The summed E-state index contributed by atoms with van der Waals surface area (Å²) in [5.74, 6) is -0.160. The van der Waals surface area contributed by atoms with Crippen molar-refractivity contribution < 1.29 is 4.79 Å². The fourth-order valence-corrected chi connectivity index (χ4v) is 2.12. The summed E-state index contributed by atoms with van der Waals surface area (Å²) < 4.78 is 0. The van der Waals surface area contributed by atoms with E-state index in [1.807, 2.05) is 26.8 Å². The van der Waals surface area contributed by atoms with E-state index in [1.165, 1.54) is 11.3 Å². The molecule has 0 fully saturated rings. The molecule has 16 heavy (non-hydrogen) atoms. The Hall–Kier alpha value is -1.34. The highest BCUT2D eigenvalue weighted by molar-refractivity contribution is 7.14. The number of aryl methyl sites for hydroxylation is 2. The van der Waals surface area contributed by atoms with Gasteiger partial charge < -0.3 is 5.32 Å². The van der Waals surface area contributed by atoms with Gasteiger partial charge in [-0.1, -0.05) is 6.92 Å². The van der Waals surface area contributed by atoms with Crippen LogP contribution in [0.2, 0.25) is 0 Å². The van der Waals surface area contributed by atoms with Crippen molar-refractivity contribution in [2.45, 2.75) is 39.7 Å². The van der Waals surface area contributed by atoms with Gasteiger partial charge in [0.1, 0.15) is 5.54 Å². The van der Waals surface area contributed by atoms with Crippen LogP contribution in [-0.4, -0.2) is 11.4 Å². The largest absolute Gasteiger partial charge is 0.333 e. The lowest BCUT2D eigenvalue weighted by molar-refractivity contribution is 0.0927. The first-order valence-corrected chi connectivity index (χ1v) is 6.04. The molecule has 4 heteroatoms. The molecule has 3 nitrogen and oxygen atoms in total. The van der Waals surface area contributed by atoms with Gasteiger partial charge in [-0.3, -0.25) is 4.79 Å². The van der Waals surface area contributed by atoms with Gasteiger partial charge >= 0.3 is 0 Å². The fraction of sp³-hybridized carbons (Fsp3) is 0.500. The smallest absolute Gasteiger partial charge is 0.262 e. The molecule has 1 aromatic heterocycles. The average Bonchev–Trinajstić information content (AvgIpc) is 2.59. The van der Waals surface area contributed by atoms with E-state index in [0.717, 1.165) is 10.4 Å². The van der Waals surface area contributed by atoms with E-state index < -0.39 is 5.54 Å². The van der Waals surface area contributed by atoms with Crippen LogP contribution in [0.25, 0.3) is 0 Å². The van der Waals surface area contributed by atoms with Crippen molar-refractivity contribution in [2.75, 3.05) is 0 Å². The van der Waals surface area contributed by atoms with Crippen LogP contribution in [0.4, 0.5) is 0 Å². The number of thiophene rings is 1. The highest BCUT2D eigenvalue weighted by Crippen LogP contribution is 2.21. The second kappa shape index (κ2) is 4.67. The number of hydrogen-bond acceptors (Lipinski definition) is 3. The van der Waals surface area contributed by atoms with E-state index >= 15 is 0 Å². The third kappa shape index (κ3) is 2.61. The lowest BCUT2D eigenvalue weighted by Crippen LogP contribution is -2.44. The van der Waals surface area contributed by atoms with Gasteiger partial charge in [-0.05, 0) is 38.8 Å². The maximum absolute atomic E-state index is 11.9. The summed E-state index contributed by atoms with van der Waals surface area (Å²) in [5, 5.41) is 11.7. The monoisotopic (exact) mass is 236 g/mol. The minimum atomic E-state index is -0.775. The molecule has 1 atom stereocenters. The second-order valence-electron chi connectivity index (χ2n) is 4.10. The molecule has 1 heterocycles. The summed E-state index contributed by atoms with van der Waals surface area (Å²) >= 11 is 1.46. The van der Waals surface area contributed by atoms with Gasteiger partial charge in [0, 0.05) is 4.88 Å². The Bertz CT molecular complexity index is 425. The number of nitrogens with one attached hydrogen (secondary N) is 1. The summed E-state index contributed by atoms with van der Waals surface area (Å²) in [6, 6.07) is 3.99. The van der Waals surface area contributed by atoms with Crippen molar-refractivity contribution in [1.82, 2.24) is 5.32 Å².